The maximum atomic E-state index is 12.6. The van der Waals surface area contributed by atoms with Crippen LogP contribution in [0.1, 0.15) is 27.9 Å². The summed E-state index contributed by atoms with van der Waals surface area (Å²) in [6.07, 6.45) is -4.09. The number of amides is 1. The predicted molar refractivity (Wildman–Crippen MR) is 91.7 cm³/mol. The maximum Gasteiger partial charge on any atom is 0.416 e. The van der Waals surface area contributed by atoms with E-state index < -0.39 is 17.7 Å². The van der Waals surface area contributed by atoms with Crippen molar-refractivity contribution in [2.45, 2.75) is 19.0 Å². The van der Waals surface area contributed by atoms with Crippen molar-refractivity contribution in [3.05, 3.63) is 65.2 Å². The first kappa shape index (κ1) is 20.3. The number of aryl methyl sites for hydroxylation is 1. The quantitative estimate of drug-likeness (QED) is 0.686. The third-order valence-electron chi connectivity index (χ3n) is 3.72. The van der Waals surface area contributed by atoms with E-state index in [2.05, 4.69) is 5.32 Å². The van der Waals surface area contributed by atoms with Gasteiger partial charge in [-0.05, 0) is 36.2 Å². The Bertz CT molecular complexity index is 806. The minimum absolute atomic E-state index is 0.0127. The summed E-state index contributed by atoms with van der Waals surface area (Å²) in [5, 5.41) is 11.7. The number of nitrogens with one attached hydrogen (secondary N) is 1. The molecule has 8 heteroatoms. The van der Waals surface area contributed by atoms with Gasteiger partial charge >= 0.3 is 12.1 Å². The molecule has 0 radical (unpaired) electrons. The second-order valence-electron chi connectivity index (χ2n) is 5.69. The number of carboxylic acids is 1. The van der Waals surface area contributed by atoms with Crippen molar-refractivity contribution < 1.29 is 32.6 Å². The molecule has 0 heterocycles. The number of benzene rings is 2. The standard InChI is InChI=1S/C19H18F3NO4/c20-19(21,22)14-5-3-6-15(12-14)27-11-10-23-17(24)9-8-13-4-1-2-7-16(13)18(25)26/h1-7,12H,8-11H2,(H,23,24)(H,25,26). The van der Waals surface area contributed by atoms with Crippen LogP contribution in [0.15, 0.2) is 48.5 Å². The molecule has 0 aliphatic rings. The summed E-state index contributed by atoms with van der Waals surface area (Å²) in [6.45, 7) is 0.133. The van der Waals surface area contributed by atoms with Gasteiger partial charge in [-0.15, -0.1) is 0 Å². The summed E-state index contributed by atoms with van der Waals surface area (Å²) in [5.41, 5.74) is -0.0975. The van der Waals surface area contributed by atoms with Crippen molar-refractivity contribution in [3.63, 3.8) is 0 Å². The van der Waals surface area contributed by atoms with Crippen molar-refractivity contribution in [1.29, 1.82) is 0 Å². The zero-order chi connectivity index (χ0) is 19.9. The Hall–Kier alpha value is -3.03. The third-order valence-corrected chi connectivity index (χ3v) is 3.72. The molecule has 2 aromatic carbocycles. The number of rotatable bonds is 8. The van der Waals surface area contributed by atoms with Gasteiger partial charge in [0, 0.05) is 6.42 Å². The predicted octanol–water partition coefficient (Wildman–Crippen LogP) is 3.53. The molecule has 0 fully saturated rings. The third kappa shape index (κ3) is 6.32. The lowest BCUT2D eigenvalue weighted by molar-refractivity contribution is -0.137. The van der Waals surface area contributed by atoms with Crippen LogP contribution >= 0.6 is 0 Å². The molecule has 5 nitrogen and oxygen atoms in total. The SMILES string of the molecule is O=C(CCc1ccccc1C(=O)O)NCCOc1cccc(C(F)(F)F)c1. The number of aromatic carboxylic acids is 1. The first-order valence-electron chi connectivity index (χ1n) is 8.15. The van der Waals surface area contributed by atoms with Gasteiger partial charge in [-0.2, -0.15) is 13.2 Å². The fourth-order valence-electron chi connectivity index (χ4n) is 2.41. The van der Waals surface area contributed by atoms with E-state index in [4.69, 9.17) is 9.84 Å². The number of hydrogen-bond donors (Lipinski definition) is 2. The zero-order valence-corrected chi connectivity index (χ0v) is 14.3. The molecule has 2 N–H and O–H groups in total. The molecular formula is C19H18F3NO4. The van der Waals surface area contributed by atoms with E-state index >= 15 is 0 Å². The lowest BCUT2D eigenvalue weighted by Crippen LogP contribution is -2.28. The fraction of sp³-hybridized carbons (Fsp3) is 0.263. The molecule has 0 bridgehead atoms. The maximum absolute atomic E-state index is 12.6. The Labute approximate surface area is 153 Å². The van der Waals surface area contributed by atoms with Gasteiger partial charge in [0.05, 0.1) is 17.7 Å². The van der Waals surface area contributed by atoms with E-state index in [9.17, 15) is 22.8 Å². The summed E-state index contributed by atoms with van der Waals surface area (Å²) in [5.74, 6) is -1.29. The summed E-state index contributed by atoms with van der Waals surface area (Å²) in [7, 11) is 0. The largest absolute Gasteiger partial charge is 0.492 e. The molecule has 144 valence electrons. The Balaban J connectivity index is 1.75. The van der Waals surface area contributed by atoms with Crippen molar-refractivity contribution in [2.24, 2.45) is 0 Å². The van der Waals surface area contributed by atoms with Crippen LogP contribution in [0, 0.1) is 0 Å². The first-order chi connectivity index (χ1) is 12.8. The molecule has 0 saturated heterocycles. The highest BCUT2D eigenvalue weighted by atomic mass is 19.4. The van der Waals surface area contributed by atoms with E-state index in [0.29, 0.717) is 5.56 Å². The summed E-state index contributed by atoms with van der Waals surface area (Å²) in [4.78, 5) is 22.9. The van der Waals surface area contributed by atoms with Crippen molar-refractivity contribution >= 4 is 11.9 Å². The van der Waals surface area contributed by atoms with Crippen molar-refractivity contribution in [2.75, 3.05) is 13.2 Å². The summed E-state index contributed by atoms with van der Waals surface area (Å²) >= 11 is 0. The Morgan fingerprint density at radius 3 is 2.52 bits per heavy atom. The van der Waals surface area contributed by atoms with Crippen LogP contribution in [0.4, 0.5) is 13.2 Å². The van der Waals surface area contributed by atoms with Gasteiger partial charge in [-0.25, -0.2) is 4.79 Å². The van der Waals surface area contributed by atoms with E-state index in [-0.39, 0.29) is 43.2 Å². The lowest BCUT2D eigenvalue weighted by Gasteiger charge is -2.11. The van der Waals surface area contributed by atoms with Gasteiger partial charge in [0.2, 0.25) is 5.91 Å². The average molecular weight is 381 g/mol. The van der Waals surface area contributed by atoms with Crippen molar-refractivity contribution in [1.82, 2.24) is 5.32 Å². The fourth-order valence-corrected chi connectivity index (χ4v) is 2.41. The first-order valence-corrected chi connectivity index (χ1v) is 8.15. The number of carbonyl (C=O) groups is 2. The lowest BCUT2D eigenvalue weighted by atomic mass is 10.0. The van der Waals surface area contributed by atoms with Crippen LogP contribution in [0.25, 0.3) is 0 Å². The molecular weight excluding hydrogens is 363 g/mol. The highest BCUT2D eigenvalue weighted by Gasteiger charge is 2.30. The highest BCUT2D eigenvalue weighted by molar-refractivity contribution is 5.89. The molecule has 0 aliphatic heterocycles. The number of halogens is 3. The Kier molecular flexibility index (Phi) is 6.81. The second-order valence-corrected chi connectivity index (χ2v) is 5.69. The summed E-state index contributed by atoms with van der Waals surface area (Å²) < 4.78 is 43.1. The Morgan fingerprint density at radius 1 is 1.07 bits per heavy atom. The smallest absolute Gasteiger partial charge is 0.416 e. The van der Waals surface area contributed by atoms with Gasteiger partial charge in [0.15, 0.2) is 0 Å². The molecule has 2 aromatic rings. The zero-order valence-electron chi connectivity index (χ0n) is 14.3. The molecule has 0 saturated carbocycles. The van der Waals surface area contributed by atoms with Gasteiger partial charge in [-0.3, -0.25) is 4.79 Å². The van der Waals surface area contributed by atoms with Crippen LogP contribution < -0.4 is 10.1 Å². The van der Waals surface area contributed by atoms with Gasteiger partial charge in [-0.1, -0.05) is 24.3 Å². The van der Waals surface area contributed by atoms with Crippen LogP contribution in [0.3, 0.4) is 0 Å². The molecule has 0 aromatic heterocycles. The highest BCUT2D eigenvalue weighted by Crippen LogP contribution is 2.31. The topological polar surface area (TPSA) is 75.6 Å². The molecule has 27 heavy (non-hydrogen) atoms. The van der Waals surface area contributed by atoms with Crippen LogP contribution in [-0.4, -0.2) is 30.1 Å². The molecule has 0 unspecified atom stereocenters. The van der Waals surface area contributed by atoms with Crippen LogP contribution in [0.2, 0.25) is 0 Å². The number of carboxylic acid groups (broad SMARTS) is 1. The minimum atomic E-state index is -4.44. The molecule has 0 atom stereocenters. The van der Waals surface area contributed by atoms with Crippen LogP contribution in [0.5, 0.6) is 5.75 Å². The molecule has 1 amide bonds. The number of alkyl halides is 3. The van der Waals surface area contributed by atoms with Gasteiger partial charge in [0.25, 0.3) is 0 Å². The summed E-state index contributed by atoms with van der Waals surface area (Å²) in [6, 6.07) is 10.9. The minimum Gasteiger partial charge on any atom is -0.492 e. The number of hydrogen-bond acceptors (Lipinski definition) is 3. The van der Waals surface area contributed by atoms with Crippen molar-refractivity contribution in [3.8, 4) is 5.75 Å². The molecule has 0 spiro atoms. The normalized spacial score (nSPS) is 11.1. The Morgan fingerprint density at radius 2 is 1.81 bits per heavy atom. The monoisotopic (exact) mass is 381 g/mol. The van der Waals surface area contributed by atoms with Gasteiger partial charge < -0.3 is 15.2 Å². The van der Waals surface area contributed by atoms with E-state index in [1.165, 1.54) is 18.2 Å². The molecule has 0 aliphatic carbocycles. The molecule has 2 rings (SSSR count). The number of ether oxygens (including phenoxy) is 1. The van der Waals surface area contributed by atoms with Gasteiger partial charge in [0.1, 0.15) is 12.4 Å². The van der Waals surface area contributed by atoms with E-state index in [1.54, 1.807) is 18.2 Å². The van der Waals surface area contributed by atoms with Crippen LogP contribution in [-0.2, 0) is 17.4 Å². The van der Waals surface area contributed by atoms with E-state index in [0.717, 1.165) is 12.1 Å². The van der Waals surface area contributed by atoms with E-state index in [1.807, 2.05) is 0 Å². The number of carbonyl (C=O) groups excluding carboxylic acids is 1. The average Bonchev–Trinajstić information content (AvgIpc) is 2.63. The second kappa shape index (κ2) is 9.07.